The molecular formula is C15H23F3N4OS. The van der Waals surface area contributed by atoms with E-state index in [2.05, 4.69) is 15.6 Å². The number of amides is 1. The van der Waals surface area contributed by atoms with Crippen molar-refractivity contribution in [3.63, 3.8) is 0 Å². The summed E-state index contributed by atoms with van der Waals surface area (Å²) in [5.74, 6) is -0.564. The van der Waals surface area contributed by atoms with Gasteiger partial charge in [-0.3, -0.25) is 9.69 Å². The molecule has 9 heteroatoms. The van der Waals surface area contributed by atoms with Gasteiger partial charge in [0.2, 0.25) is 0 Å². The van der Waals surface area contributed by atoms with E-state index in [-0.39, 0.29) is 11.1 Å². The molecule has 5 nitrogen and oxygen atoms in total. The molecule has 1 saturated heterocycles. The van der Waals surface area contributed by atoms with Crippen LogP contribution in [0, 0.1) is 0 Å². The largest absolute Gasteiger partial charge is 0.405 e. The molecule has 1 fully saturated rings. The monoisotopic (exact) mass is 364 g/mol. The molecule has 0 saturated carbocycles. The first-order chi connectivity index (χ1) is 11.1. The number of piperazine rings is 1. The molecular weight excluding hydrogens is 341 g/mol. The summed E-state index contributed by atoms with van der Waals surface area (Å²) >= 11 is 1.34. The normalized spacial score (nSPS) is 18.4. The second kappa shape index (κ2) is 7.37. The molecule has 2 heterocycles. The molecule has 1 unspecified atom stereocenters. The summed E-state index contributed by atoms with van der Waals surface area (Å²) in [5.41, 5.74) is -0.0236. The minimum absolute atomic E-state index is 0.172. The van der Waals surface area contributed by atoms with Gasteiger partial charge in [0.1, 0.15) is 11.7 Å². The third-order valence-corrected chi connectivity index (χ3v) is 5.07. The zero-order chi connectivity index (χ0) is 18.0. The maximum Gasteiger partial charge on any atom is 0.405 e. The van der Waals surface area contributed by atoms with Gasteiger partial charge in [0.25, 0.3) is 5.91 Å². The van der Waals surface area contributed by atoms with Crippen molar-refractivity contribution < 1.29 is 18.0 Å². The predicted octanol–water partition coefficient (Wildman–Crippen LogP) is 2.01. The first kappa shape index (κ1) is 19.1. The van der Waals surface area contributed by atoms with Crippen LogP contribution < -0.4 is 10.6 Å². The summed E-state index contributed by atoms with van der Waals surface area (Å²) in [6, 6.07) is -1.68. The van der Waals surface area contributed by atoms with Gasteiger partial charge in [-0.1, -0.05) is 20.8 Å². The van der Waals surface area contributed by atoms with Crippen LogP contribution in [0.2, 0.25) is 0 Å². The number of halogens is 3. The summed E-state index contributed by atoms with van der Waals surface area (Å²) < 4.78 is 39.9. The highest BCUT2D eigenvalue weighted by Crippen LogP contribution is 2.26. The van der Waals surface area contributed by atoms with Crippen molar-refractivity contribution in [2.45, 2.75) is 38.4 Å². The second-order valence-electron chi connectivity index (χ2n) is 6.84. The topological polar surface area (TPSA) is 57.3 Å². The maximum atomic E-state index is 13.3. The van der Waals surface area contributed by atoms with Crippen LogP contribution in [0.3, 0.4) is 0 Å². The van der Waals surface area contributed by atoms with Crippen LogP contribution in [-0.2, 0) is 5.41 Å². The highest BCUT2D eigenvalue weighted by atomic mass is 32.1. The summed E-state index contributed by atoms with van der Waals surface area (Å²) in [5, 5.41) is 7.78. The van der Waals surface area contributed by atoms with E-state index in [9.17, 15) is 18.0 Å². The smallest absolute Gasteiger partial charge is 0.349 e. The predicted molar refractivity (Wildman–Crippen MR) is 87.4 cm³/mol. The summed E-state index contributed by atoms with van der Waals surface area (Å²) in [7, 11) is 0. The number of carbonyl (C=O) groups excluding carboxylic acids is 1. The van der Waals surface area contributed by atoms with Crippen LogP contribution >= 0.6 is 11.3 Å². The van der Waals surface area contributed by atoms with Crippen LogP contribution in [0.4, 0.5) is 13.2 Å². The zero-order valence-electron chi connectivity index (χ0n) is 14.0. The average Bonchev–Trinajstić information content (AvgIpc) is 2.97. The van der Waals surface area contributed by atoms with Crippen molar-refractivity contribution in [1.82, 2.24) is 20.5 Å². The molecule has 24 heavy (non-hydrogen) atoms. The van der Waals surface area contributed by atoms with Crippen molar-refractivity contribution >= 4 is 17.2 Å². The standard InChI is InChI=1S/C15H23F3N4OS/c1-14(2,3)13-21-10(9-24-13)12(23)20-8-11(15(16,17)18)22-6-4-19-5-7-22/h9,11,19H,4-8H2,1-3H3,(H,20,23). The lowest BCUT2D eigenvalue weighted by Gasteiger charge is -2.35. The van der Waals surface area contributed by atoms with Gasteiger partial charge < -0.3 is 10.6 Å². The van der Waals surface area contributed by atoms with Crippen molar-refractivity contribution in [1.29, 1.82) is 0 Å². The SMILES string of the molecule is CC(C)(C)c1nc(C(=O)NCC(N2CCNCC2)C(F)(F)F)cs1. The number of aromatic nitrogens is 1. The quantitative estimate of drug-likeness (QED) is 0.858. The molecule has 136 valence electrons. The Bertz CT molecular complexity index is 562. The van der Waals surface area contributed by atoms with Crippen LogP contribution in [-0.4, -0.2) is 60.7 Å². The summed E-state index contributed by atoms with van der Waals surface area (Å²) in [4.78, 5) is 17.7. The Kier molecular flexibility index (Phi) is 5.87. The van der Waals surface area contributed by atoms with E-state index in [1.807, 2.05) is 20.8 Å². The molecule has 0 spiro atoms. The highest BCUT2D eigenvalue weighted by molar-refractivity contribution is 7.10. The molecule has 1 aliphatic heterocycles. The van der Waals surface area contributed by atoms with Gasteiger partial charge in [0.15, 0.2) is 0 Å². The van der Waals surface area contributed by atoms with Crippen LogP contribution in [0.1, 0.15) is 36.3 Å². The van der Waals surface area contributed by atoms with E-state index in [0.29, 0.717) is 26.2 Å². The number of hydrogen-bond acceptors (Lipinski definition) is 5. The van der Waals surface area contributed by atoms with Gasteiger partial charge in [-0.15, -0.1) is 11.3 Å². The number of rotatable bonds is 4. The Labute approximate surface area is 143 Å². The number of carbonyl (C=O) groups is 1. The Morgan fingerprint density at radius 2 is 2.00 bits per heavy atom. The van der Waals surface area contributed by atoms with Crippen LogP contribution in [0.15, 0.2) is 5.38 Å². The lowest BCUT2D eigenvalue weighted by Crippen LogP contribution is -2.57. The minimum atomic E-state index is -4.39. The second-order valence-corrected chi connectivity index (χ2v) is 7.70. The van der Waals surface area contributed by atoms with Gasteiger partial charge in [-0.25, -0.2) is 4.98 Å². The fourth-order valence-corrected chi connectivity index (χ4v) is 3.34. The zero-order valence-corrected chi connectivity index (χ0v) is 14.9. The molecule has 2 N–H and O–H groups in total. The molecule has 0 radical (unpaired) electrons. The summed E-state index contributed by atoms with van der Waals surface area (Å²) in [6.45, 7) is 7.09. The van der Waals surface area contributed by atoms with E-state index in [1.54, 1.807) is 5.38 Å². The molecule has 1 aromatic rings. The molecule has 1 aliphatic rings. The molecule has 0 bridgehead atoms. The molecule has 2 rings (SSSR count). The van der Waals surface area contributed by atoms with E-state index >= 15 is 0 Å². The van der Waals surface area contributed by atoms with Crippen molar-refractivity contribution in [3.8, 4) is 0 Å². The molecule has 1 atom stereocenters. The van der Waals surface area contributed by atoms with E-state index < -0.39 is 24.7 Å². The van der Waals surface area contributed by atoms with Gasteiger partial charge in [0, 0.05) is 43.5 Å². The van der Waals surface area contributed by atoms with Crippen molar-refractivity contribution in [3.05, 3.63) is 16.1 Å². The Balaban J connectivity index is 2.00. The average molecular weight is 364 g/mol. The number of hydrogen-bond donors (Lipinski definition) is 2. The Morgan fingerprint density at radius 3 is 2.50 bits per heavy atom. The van der Waals surface area contributed by atoms with Crippen LogP contribution in [0.5, 0.6) is 0 Å². The number of alkyl halides is 3. The third-order valence-electron chi connectivity index (χ3n) is 3.80. The fourth-order valence-electron chi connectivity index (χ4n) is 2.45. The van der Waals surface area contributed by atoms with Gasteiger partial charge in [0.05, 0.1) is 5.01 Å². The van der Waals surface area contributed by atoms with Gasteiger partial charge in [-0.05, 0) is 0 Å². The number of nitrogens with one attached hydrogen (secondary N) is 2. The molecule has 0 aliphatic carbocycles. The molecule has 0 aromatic carbocycles. The minimum Gasteiger partial charge on any atom is -0.349 e. The van der Waals surface area contributed by atoms with E-state index in [1.165, 1.54) is 16.2 Å². The highest BCUT2D eigenvalue weighted by Gasteiger charge is 2.43. The van der Waals surface area contributed by atoms with Gasteiger partial charge >= 0.3 is 6.18 Å². The van der Waals surface area contributed by atoms with Crippen LogP contribution in [0.25, 0.3) is 0 Å². The van der Waals surface area contributed by atoms with E-state index in [0.717, 1.165) is 5.01 Å². The molecule has 1 amide bonds. The first-order valence-corrected chi connectivity index (χ1v) is 8.72. The lowest BCUT2D eigenvalue weighted by molar-refractivity contribution is -0.183. The van der Waals surface area contributed by atoms with Crippen molar-refractivity contribution in [2.75, 3.05) is 32.7 Å². The van der Waals surface area contributed by atoms with Crippen molar-refractivity contribution in [2.24, 2.45) is 0 Å². The van der Waals surface area contributed by atoms with E-state index in [4.69, 9.17) is 0 Å². The number of thiazole rings is 1. The Hall–Kier alpha value is -1.19. The Morgan fingerprint density at radius 1 is 1.38 bits per heavy atom. The number of nitrogens with zero attached hydrogens (tertiary/aromatic N) is 2. The lowest BCUT2D eigenvalue weighted by atomic mass is 9.98. The maximum absolute atomic E-state index is 13.3. The summed E-state index contributed by atoms with van der Waals surface area (Å²) in [6.07, 6.45) is -4.39. The first-order valence-electron chi connectivity index (χ1n) is 7.85. The fraction of sp³-hybridized carbons (Fsp3) is 0.733. The van der Waals surface area contributed by atoms with Gasteiger partial charge in [-0.2, -0.15) is 13.2 Å². The third kappa shape index (κ3) is 4.90. The molecule has 1 aromatic heterocycles.